The number of nitrogens with one attached hydrogen (secondary N) is 1. The highest BCUT2D eigenvalue weighted by Crippen LogP contribution is 2.27. The van der Waals surface area contributed by atoms with Gasteiger partial charge in [-0.25, -0.2) is 0 Å². The van der Waals surface area contributed by atoms with E-state index >= 15 is 0 Å². The second-order valence-corrected chi connectivity index (χ2v) is 7.76. The van der Waals surface area contributed by atoms with Crippen LogP contribution in [0, 0.1) is 10.1 Å². The molecule has 4 aromatic carbocycles. The summed E-state index contributed by atoms with van der Waals surface area (Å²) < 4.78 is 7.11. The molecule has 6 heteroatoms. The van der Waals surface area contributed by atoms with Gasteiger partial charge in [-0.1, -0.05) is 64.5 Å². The Balaban J connectivity index is 1.52. The van der Waals surface area contributed by atoms with Gasteiger partial charge >= 0.3 is 0 Å². The van der Waals surface area contributed by atoms with Crippen LogP contribution in [0.3, 0.4) is 0 Å². The Bertz CT molecular complexity index is 1200. The Morgan fingerprint density at radius 1 is 0.900 bits per heavy atom. The van der Waals surface area contributed by atoms with Crippen LogP contribution in [-0.4, -0.2) is 4.92 Å². The van der Waals surface area contributed by atoms with Gasteiger partial charge in [0, 0.05) is 34.4 Å². The average Bonchev–Trinajstić information content (AvgIpc) is 2.77. The number of halogens is 1. The van der Waals surface area contributed by atoms with Crippen LogP contribution >= 0.6 is 15.9 Å². The summed E-state index contributed by atoms with van der Waals surface area (Å²) in [6, 6.07) is 26.8. The van der Waals surface area contributed by atoms with Crippen LogP contribution in [0.4, 0.5) is 11.4 Å². The summed E-state index contributed by atoms with van der Waals surface area (Å²) in [7, 11) is 0. The van der Waals surface area contributed by atoms with Gasteiger partial charge in [-0.05, 0) is 40.6 Å². The summed E-state index contributed by atoms with van der Waals surface area (Å²) in [4.78, 5) is 10.6. The fourth-order valence-electron chi connectivity index (χ4n) is 3.33. The van der Waals surface area contributed by atoms with Crippen molar-refractivity contribution >= 4 is 38.1 Å². The molecule has 0 atom stereocenters. The molecule has 0 fully saturated rings. The molecule has 0 amide bonds. The van der Waals surface area contributed by atoms with Crippen LogP contribution in [0.25, 0.3) is 10.8 Å². The van der Waals surface area contributed by atoms with Crippen LogP contribution in [0.1, 0.15) is 11.1 Å². The lowest BCUT2D eigenvalue weighted by atomic mass is 10.1. The molecule has 0 aromatic heterocycles. The Hall–Kier alpha value is -3.38. The summed E-state index contributed by atoms with van der Waals surface area (Å²) in [5.74, 6) is 0.768. The first-order chi connectivity index (χ1) is 14.6. The summed E-state index contributed by atoms with van der Waals surface area (Å²) in [5.41, 5.74) is 2.82. The largest absolute Gasteiger partial charge is 0.489 e. The summed E-state index contributed by atoms with van der Waals surface area (Å²) >= 11 is 3.51. The van der Waals surface area contributed by atoms with Gasteiger partial charge in [0.1, 0.15) is 12.4 Å². The molecule has 0 heterocycles. The number of hydrogen-bond donors (Lipinski definition) is 1. The molecule has 4 aromatic rings. The second-order valence-electron chi connectivity index (χ2n) is 6.84. The lowest BCUT2D eigenvalue weighted by Gasteiger charge is -2.14. The second kappa shape index (κ2) is 8.97. The first kappa shape index (κ1) is 19.9. The van der Waals surface area contributed by atoms with Crippen molar-refractivity contribution in [1.29, 1.82) is 0 Å². The lowest BCUT2D eigenvalue weighted by molar-refractivity contribution is -0.384. The molecular formula is C24H19BrN2O3. The predicted molar refractivity (Wildman–Crippen MR) is 123 cm³/mol. The molecule has 0 unspecified atom stereocenters. The molecule has 4 rings (SSSR count). The molecule has 150 valence electrons. The quantitative estimate of drug-likeness (QED) is 0.245. The highest BCUT2D eigenvalue weighted by molar-refractivity contribution is 9.10. The summed E-state index contributed by atoms with van der Waals surface area (Å²) in [5, 5.41) is 16.6. The van der Waals surface area contributed by atoms with Crippen LogP contribution in [0.2, 0.25) is 0 Å². The van der Waals surface area contributed by atoms with Gasteiger partial charge in [0.05, 0.1) is 4.92 Å². The maximum absolute atomic E-state index is 11.0. The normalized spacial score (nSPS) is 10.7. The molecule has 0 aliphatic rings. The number of nitro groups is 1. The molecule has 0 saturated heterocycles. The maximum Gasteiger partial charge on any atom is 0.271 e. The van der Waals surface area contributed by atoms with E-state index in [0.29, 0.717) is 18.8 Å². The van der Waals surface area contributed by atoms with Gasteiger partial charge in [-0.3, -0.25) is 10.1 Å². The van der Waals surface area contributed by atoms with Crippen LogP contribution in [-0.2, 0) is 13.2 Å². The van der Waals surface area contributed by atoms with Gasteiger partial charge in [0.2, 0.25) is 0 Å². The van der Waals surface area contributed by atoms with Crippen molar-refractivity contribution in [1.82, 2.24) is 0 Å². The SMILES string of the molecule is O=[N+]([O-])c1cccc(NCc2cc(Br)ccc2OCc2cccc3ccccc23)c1. The lowest BCUT2D eigenvalue weighted by Crippen LogP contribution is -2.04. The third-order valence-electron chi connectivity index (χ3n) is 4.83. The molecule has 1 N–H and O–H groups in total. The van der Waals surface area contributed by atoms with Crippen LogP contribution in [0.15, 0.2) is 89.4 Å². The first-order valence-corrected chi connectivity index (χ1v) is 10.3. The third kappa shape index (κ3) is 4.60. The van der Waals surface area contributed by atoms with Crippen molar-refractivity contribution in [3.05, 3.63) is 111 Å². The number of non-ortho nitro benzene ring substituents is 1. The van der Waals surface area contributed by atoms with Crippen molar-refractivity contribution in [3.8, 4) is 5.75 Å². The summed E-state index contributed by atoms with van der Waals surface area (Å²) in [6.07, 6.45) is 0. The van der Waals surface area contributed by atoms with E-state index in [9.17, 15) is 10.1 Å². The van der Waals surface area contributed by atoms with E-state index in [1.165, 1.54) is 22.9 Å². The highest BCUT2D eigenvalue weighted by atomic mass is 79.9. The fourth-order valence-corrected chi connectivity index (χ4v) is 3.74. The number of ether oxygens (including phenoxy) is 1. The third-order valence-corrected chi connectivity index (χ3v) is 5.32. The van der Waals surface area contributed by atoms with E-state index in [1.54, 1.807) is 6.07 Å². The molecule has 0 spiro atoms. The molecule has 0 bridgehead atoms. The zero-order valence-corrected chi connectivity index (χ0v) is 17.6. The molecule has 0 radical (unpaired) electrons. The minimum atomic E-state index is -0.400. The maximum atomic E-state index is 11.0. The van der Waals surface area contributed by atoms with E-state index in [2.05, 4.69) is 45.5 Å². The van der Waals surface area contributed by atoms with E-state index < -0.39 is 4.92 Å². The number of anilines is 1. The minimum Gasteiger partial charge on any atom is -0.489 e. The number of hydrogen-bond acceptors (Lipinski definition) is 4. The van der Waals surface area contributed by atoms with Crippen molar-refractivity contribution < 1.29 is 9.66 Å². The van der Waals surface area contributed by atoms with E-state index in [4.69, 9.17) is 4.74 Å². The van der Waals surface area contributed by atoms with E-state index in [1.807, 2.05) is 42.5 Å². The monoisotopic (exact) mass is 462 g/mol. The molecule has 0 aliphatic heterocycles. The molecule has 30 heavy (non-hydrogen) atoms. The van der Waals surface area contributed by atoms with Crippen molar-refractivity contribution in [2.45, 2.75) is 13.2 Å². The van der Waals surface area contributed by atoms with Gasteiger partial charge in [-0.15, -0.1) is 0 Å². The van der Waals surface area contributed by atoms with Crippen LogP contribution < -0.4 is 10.1 Å². The Labute approximate surface area is 182 Å². The van der Waals surface area contributed by atoms with Crippen molar-refractivity contribution in [3.63, 3.8) is 0 Å². The zero-order valence-electron chi connectivity index (χ0n) is 16.0. The molecule has 0 aliphatic carbocycles. The fraction of sp³-hybridized carbons (Fsp3) is 0.0833. The van der Waals surface area contributed by atoms with E-state index in [0.717, 1.165) is 21.3 Å². The van der Waals surface area contributed by atoms with Crippen LogP contribution in [0.5, 0.6) is 5.75 Å². The Morgan fingerprint density at radius 3 is 2.57 bits per heavy atom. The highest BCUT2D eigenvalue weighted by Gasteiger charge is 2.09. The van der Waals surface area contributed by atoms with Crippen molar-refractivity contribution in [2.24, 2.45) is 0 Å². The number of fused-ring (bicyclic) bond motifs is 1. The smallest absolute Gasteiger partial charge is 0.271 e. The van der Waals surface area contributed by atoms with Gasteiger partial charge < -0.3 is 10.1 Å². The van der Waals surface area contributed by atoms with Gasteiger partial charge in [0.15, 0.2) is 0 Å². The Kier molecular flexibility index (Phi) is 5.95. The topological polar surface area (TPSA) is 64.4 Å². The number of nitrogens with zero attached hydrogens (tertiary/aromatic N) is 1. The van der Waals surface area contributed by atoms with Gasteiger partial charge in [-0.2, -0.15) is 0 Å². The van der Waals surface area contributed by atoms with Crippen molar-refractivity contribution in [2.75, 3.05) is 5.32 Å². The first-order valence-electron chi connectivity index (χ1n) is 9.46. The number of rotatable bonds is 7. The minimum absolute atomic E-state index is 0.0571. The summed E-state index contributed by atoms with van der Waals surface area (Å²) in [6.45, 7) is 0.929. The Morgan fingerprint density at radius 2 is 1.70 bits per heavy atom. The zero-order chi connectivity index (χ0) is 20.9. The standard InChI is InChI=1S/C24H19BrN2O3/c25-20-11-12-24(30-16-18-7-3-6-17-5-1-2-10-23(17)18)19(13-20)15-26-21-8-4-9-22(14-21)27(28)29/h1-14,26H,15-16H2. The molecule has 0 saturated carbocycles. The predicted octanol–water partition coefficient (Wildman–Crippen LogP) is 6.70. The number of nitro benzene ring substituents is 1. The molecular weight excluding hydrogens is 444 g/mol. The molecule has 5 nitrogen and oxygen atoms in total. The average molecular weight is 463 g/mol. The number of benzene rings is 4. The van der Waals surface area contributed by atoms with E-state index in [-0.39, 0.29) is 5.69 Å². The van der Waals surface area contributed by atoms with Gasteiger partial charge in [0.25, 0.3) is 5.69 Å².